The lowest BCUT2D eigenvalue weighted by molar-refractivity contribution is -0.149. The van der Waals surface area contributed by atoms with Crippen molar-refractivity contribution in [2.45, 2.75) is 45.1 Å². The Bertz CT molecular complexity index is 208. The van der Waals surface area contributed by atoms with Crippen LogP contribution < -0.4 is 5.73 Å². The molecule has 1 fully saturated rings. The van der Waals surface area contributed by atoms with Gasteiger partial charge in [0.1, 0.15) is 6.61 Å². The van der Waals surface area contributed by atoms with Gasteiger partial charge in [0.15, 0.2) is 0 Å². The van der Waals surface area contributed by atoms with Crippen molar-refractivity contribution < 1.29 is 14.3 Å². The molecule has 0 radical (unpaired) electrons. The van der Waals surface area contributed by atoms with Crippen LogP contribution in [0, 0.1) is 5.92 Å². The smallest absolute Gasteiger partial charge is 0.309 e. The number of ether oxygens (including phenoxy) is 2. The third-order valence-electron chi connectivity index (χ3n) is 2.92. The van der Waals surface area contributed by atoms with Gasteiger partial charge in [0.2, 0.25) is 0 Å². The van der Waals surface area contributed by atoms with Gasteiger partial charge < -0.3 is 15.2 Å². The molecule has 4 nitrogen and oxygen atoms in total. The Morgan fingerprint density at radius 3 is 2.75 bits per heavy atom. The molecule has 16 heavy (non-hydrogen) atoms. The average Bonchev–Trinajstić information content (AvgIpc) is 2.70. The van der Waals surface area contributed by atoms with E-state index in [2.05, 4.69) is 6.92 Å². The second kappa shape index (κ2) is 7.63. The summed E-state index contributed by atoms with van der Waals surface area (Å²) >= 11 is 0. The number of unbranched alkanes of at least 4 members (excludes halogenated alkanes) is 1. The first-order valence-corrected chi connectivity index (χ1v) is 6.24. The number of nitrogens with two attached hydrogens (primary N) is 1. The van der Waals surface area contributed by atoms with Crippen molar-refractivity contribution in [3.05, 3.63) is 0 Å². The third kappa shape index (κ3) is 4.94. The van der Waals surface area contributed by atoms with Gasteiger partial charge >= 0.3 is 5.97 Å². The van der Waals surface area contributed by atoms with Crippen molar-refractivity contribution in [3.63, 3.8) is 0 Å². The lowest BCUT2D eigenvalue weighted by Gasteiger charge is -2.10. The van der Waals surface area contributed by atoms with E-state index in [1.807, 2.05) is 0 Å². The summed E-state index contributed by atoms with van der Waals surface area (Å²) in [5, 5.41) is 0. The van der Waals surface area contributed by atoms with E-state index < -0.39 is 0 Å². The van der Waals surface area contributed by atoms with Gasteiger partial charge in [-0.05, 0) is 25.7 Å². The zero-order valence-corrected chi connectivity index (χ0v) is 10.1. The van der Waals surface area contributed by atoms with Crippen molar-refractivity contribution in [2.75, 3.05) is 19.8 Å². The van der Waals surface area contributed by atoms with Gasteiger partial charge in [-0.1, -0.05) is 13.3 Å². The van der Waals surface area contributed by atoms with E-state index in [1.54, 1.807) is 0 Å². The third-order valence-corrected chi connectivity index (χ3v) is 2.92. The predicted octanol–water partition coefficient (Wildman–Crippen LogP) is 1.47. The van der Waals surface area contributed by atoms with E-state index in [0.717, 1.165) is 38.7 Å². The van der Waals surface area contributed by atoms with Crippen LogP contribution in [0.25, 0.3) is 0 Å². The molecular formula is C12H23NO3. The van der Waals surface area contributed by atoms with Crippen molar-refractivity contribution in [1.29, 1.82) is 0 Å². The van der Waals surface area contributed by atoms with Crippen LogP contribution in [0.15, 0.2) is 0 Å². The number of carbonyl (C=O) groups excluding carboxylic acids is 1. The summed E-state index contributed by atoms with van der Waals surface area (Å²) in [6.45, 7) is 3.74. The standard InChI is InChI=1S/C12H23NO3/c1-2-3-6-15-7-8-16-12(14)10-4-5-11(13)9-10/h10-11H,2-9,13H2,1H3. The second-order valence-corrected chi connectivity index (χ2v) is 4.40. The van der Waals surface area contributed by atoms with Crippen LogP contribution >= 0.6 is 0 Å². The van der Waals surface area contributed by atoms with E-state index >= 15 is 0 Å². The zero-order valence-electron chi connectivity index (χ0n) is 10.1. The molecule has 0 aliphatic heterocycles. The van der Waals surface area contributed by atoms with Gasteiger partial charge in [-0.2, -0.15) is 0 Å². The van der Waals surface area contributed by atoms with Crippen LogP contribution in [0.1, 0.15) is 39.0 Å². The molecule has 94 valence electrons. The summed E-state index contributed by atoms with van der Waals surface area (Å²) in [5.41, 5.74) is 5.74. The van der Waals surface area contributed by atoms with Crippen LogP contribution in [-0.2, 0) is 14.3 Å². The summed E-state index contributed by atoms with van der Waals surface area (Å²) in [4.78, 5) is 11.5. The van der Waals surface area contributed by atoms with Crippen molar-refractivity contribution in [1.82, 2.24) is 0 Å². The Hall–Kier alpha value is -0.610. The summed E-state index contributed by atoms with van der Waals surface area (Å²) in [7, 11) is 0. The molecule has 4 heteroatoms. The molecular weight excluding hydrogens is 206 g/mol. The van der Waals surface area contributed by atoms with E-state index in [4.69, 9.17) is 15.2 Å². The van der Waals surface area contributed by atoms with E-state index in [0.29, 0.717) is 13.2 Å². The SMILES string of the molecule is CCCCOCCOC(=O)C1CCC(N)C1. The summed E-state index contributed by atoms with van der Waals surface area (Å²) < 4.78 is 10.4. The number of rotatable bonds is 7. The Morgan fingerprint density at radius 2 is 2.12 bits per heavy atom. The molecule has 0 saturated heterocycles. The Kier molecular flexibility index (Phi) is 6.42. The van der Waals surface area contributed by atoms with Crippen LogP contribution in [-0.4, -0.2) is 31.8 Å². The highest BCUT2D eigenvalue weighted by Gasteiger charge is 2.28. The van der Waals surface area contributed by atoms with Gasteiger partial charge in [-0.15, -0.1) is 0 Å². The fourth-order valence-electron chi connectivity index (χ4n) is 1.90. The lowest BCUT2D eigenvalue weighted by Crippen LogP contribution is -2.21. The molecule has 0 aromatic carbocycles. The molecule has 0 aromatic heterocycles. The maximum Gasteiger partial charge on any atom is 0.309 e. The Balaban J connectivity index is 1.98. The molecule has 0 bridgehead atoms. The largest absolute Gasteiger partial charge is 0.463 e. The fourth-order valence-corrected chi connectivity index (χ4v) is 1.90. The maximum atomic E-state index is 11.5. The minimum atomic E-state index is -0.105. The van der Waals surface area contributed by atoms with Crippen molar-refractivity contribution in [3.8, 4) is 0 Å². The van der Waals surface area contributed by atoms with Crippen molar-refractivity contribution >= 4 is 5.97 Å². The van der Waals surface area contributed by atoms with E-state index in [9.17, 15) is 4.79 Å². The van der Waals surface area contributed by atoms with Crippen LogP contribution in [0.3, 0.4) is 0 Å². The number of esters is 1. The Morgan fingerprint density at radius 1 is 1.31 bits per heavy atom. The maximum absolute atomic E-state index is 11.5. The topological polar surface area (TPSA) is 61.5 Å². The second-order valence-electron chi connectivity index (χ2n) is 4.40. The highest BCUT2D eigenvalue weighted by Crippen LogP contribution is 2.24. The minimum Gasteiger partial charge on any atom is -0.463 e. The molecule has 2 unspecified atom stereocenters. The molecule has 0 heterocycles. The van der Waals surface area contributed by atoms with Gasteiger partial charge in [0, 0.05) is 12.6 Å². The van der Waals surface area contributed by atoms with Gasteiger partial charge in [-0.25, -0.2) is 0 Å². The Labute approximate surface area is 97.5 Å². The molecule has 0 amide bonds. The quantitative estimate of drug-likeness (QED) is 0.530. The normalized spacial score (nSPS) is 24.6. The van der Waals surface area contributed by atoms with Crippen LogP contribution in [0.2, 0.25) is 0 Å². The zero-order chi connectivity index (χ0) is 11.8. The molecule has 0 aromatic rings. The van der Waals surface area contributed by atoms with Crippen LogP contribution in [0.5, 0.6) is 0 Å². The number of hydrogen-bond donors (Lipinski definition) is 1. The van der Waals surface area contributed by atoms with E-state index in [1.165, 1.54) is 0 Å². The fraction of sp³-hybridized carbons (Fsp3) is 0.917. The molecule has 0 spiro atoms. The highest BCUT2D eigenvalue weighted by atomic mass is 16.6. The molecule has 1 saturated carbocycles. The summed E-state index contributed by atoms with van der Waals surface area (Å²) in [5.74, 6) is -0.0855. The number of carbonyl (C=O) groups is 1. The van der Waals surface area contributed by atoms with Gasteiger partial charge in [-0.3, -0.25) is 4.79 Å². The molecule has 1 rings (SSSR count). The summed E-state index contributed by atoms with van der Waals surface area (Å²) in [6.07, 6.45) is 4.77. The first-order valence-electron chi connectivity index (χ1n) is 6.24. The predicted molar refractivity (Wildman–Crippen MR) is 62.0 cm³/mol. The molecule has 1 aliphatic carbocycles. The highest BCUT2D eigenvalue weighted by molar-refractivity contribution is 5.72. The van der Waals surface area contributed by atoms with Crippen molar-refractivity contribution in [2.24, 2.45) is 11.7 Å². The minimum absolute atomic E-state index is 0.0191. The van der Waals surface area contributed by atoms with Crippen LogP contribution in [0.4, 0.5) is 0 Å². The summed E-state index contributed by atoms with van der Waals surface area (Å²) in [6, 6.07) is 0.179. The first-order chi connectivity index (χ1) is 7.74. The van der Waals surface area contributed by atoms with Gasteiger partial charge in [0.05, 0.1) is 12.5 Å². The lowest BCUT2D eigenvalue weighted by atomic mass is 10.1. The van der Waals surface area contributed by atoms with E-state index in [-0.39, 0.29) is 17.9 Å². The average molecular weight is 229 g/mol. The molecule has 2 N–H and O–H groups in total. The first kappa shape index (κ1) is 13.5. The molecule has 1 aliphatic rings. The number of hydrogen-bond acceptors (Lipinski definition) is 4. The monoisotopic (exact) mass is 229 g/mol. The van der Waals surface area contributed by atoms with Gasteiger partial charge in [0.25, 0.3) is 0 Å². The molecule has 2 atom stereocenters.